The summed E-state index contributed by atoms with van der Waals surface area (Å²) in [4.78, 5) is 12.3. The van der Waals surface area contributed by atoms with E-state index in [0.717, 1.165) is 16.9 Å². The molecule has 0 fully saturated rings. The average Bonchev–Trinajstić information content (AvgIpc) is 2.55. The number of hydrogen-bond donors (Lipinski definition) is 1. The van der Waals surface area contributed by atoms with E-state index in [0.29, 0.717) is 30.2 Å². The van der Waals surface area contributed by atoms with Gasteiger partial charge in [0.25, 0.3) is 0 Å². The number of halogens is 2. The Morgan fingerprint density at radius 1 is 1.35 bits per heavy atom. The summed E-state index contributed by atoms with van der Waals surface area (Å²) in [6, 6.07) is 10.4. The van der Waals surface area contributed by atoms with Crippen molar-refractivity contribution in [2.24, 2.45) is 5.92 Å². The molecule has 1 N–H and O–H groups in total. The third-order valence-electron chi connectivity index (χ3n) is 4.00. The Hall–Kier alpha value is -2.07. The number of rotatable bonds is 3. The van der Waals surface area contributed by atoms with Gasteiger partial charge in [-0.15, -0.1) is 0 Å². The topological polar surface area (TPSA) is 38.3 Å². The van der Waals surface area contributed by atoms with E-state index >= 15 is 0 Å². The van der Waals surface area contributed by atoms with Crippen LogP contribution in [-0.4, -0.2) is 12.5 Å². The Balaban J connectivity index is 1.62. The molecule has 1 atom stereocenters. The number of ether oxygens (including phenoxy) is 1. The molecule has 1 heterocycles. The second kappa shape index (κ2) is 6.59. The van der Waals surface area contributed by atoms with Gasteiger partial charge in [0.05, 0.1) is 5.92 Å². The third-order valence-corrected chi connectivity index (χ3v) is 4.24. The summed E-state index contributed by atoms with van der Waals surface area (Å²) in [5.74, 6) is 0.147. The van der Waals surface area contributed by atoms with E-state index in [1.807, 2.05) is 18.2 Å². The zero-order valence-electron chi connectivity index (χ0n) is 12.7. The van der Waals surface area contributed by atoms with Crippen LogP contribution in [0.4, 0.5) is 4.39 Å². The summed E-state index contributed by atoms with van der Waals surface area (Å²) in [6.07, 6.45) is 0.587. The third kappa shape index (κ3) is 3.64. The van der Waals surface area contributed by atoms with Gasteiger partial charge in [0, 0.05) is 11.6 Å². The fourth-order valence-electron chi connectivity index (χ4n) is 2.61. The molecule has 1 aliphatic rings. The van der Waals surface area contributed by atoms with Crippen molar-refractivity contribution >= 4 is 17.5 Å². The lowest BCUT2D eigenvalue weighted by molar-refractivity contribution is -0.126. The summed E-state index contributed by atoms with van der Waals surface area (Å²) >= 11 is 5.98. The van der Waals surface area contributed by atoms with Crippen LogP contribution in [-0.2, 0) is 17.8 Å². The van der Waals surface area contributed by atoms with E-state index in [2.05, 4.69) is 5.32 Å². The summed E-state index contributed by atoms with van der Waals surface area (Å²) in [6.45, 7) is 2.34. The molecule has 0 aliphatic carbocycles. The van der Waals surface area contributed by atoms with Gasteiger partial charge in [0.2, 0.25) is 5.91 Å². The number of benzene rings is 2. The van der Waals surface area contributed by atoms with E-state index in [-0.39, 0.29) is 17.6 Å². The van der Waals surface area contributed by atoms with E-state index < -0.39 is 0 Å². The van der Waals surface area contributed by atoms with Gasteiger partial charge in [-0.25, -0.2) is 4.39 Å². The molecule has 0 saturated carbocycles. The lowest BCUT2D eigenvalue weighted by Gasteiger charge is -2.24. The first-order valence-electron chi connectivity index (χ1n) is 7.47. The molecule has 5 heteroatoms. The summed E-state index contributed by atoms with van der Waals surface area (Å²) in [5, 5.41) is 3.47. The standard InChI is InChI=1S/C18H17ClFNO2/c1-11-2-3-12(6-16(11)20)9-21-18(22)14-7-13-8-15(19)4-5-17(13)23-10-14/h2-6,8,14H,7,9-10H2,1H3,(H,21,22)/t14-/m0/s1. The molecule has 0 aromatic heterocycles. The minimum absolute atomic E-state index is 0.100. The van der Waals surface area contributed by atoms with Crippen LogP contribution in [0.25, 0.3) is 0 Å². The molecule has 2 aromatic carbocycles. The molecule has 23 heavy (non-hydrogen) atoms. The largest absolute Gasteiger partial charge is 0.492 e. The average molecular weight is 334 g/mol. The molecule has 0 spiro atoms. The Labute approximate surface area is 139 Å². The minimum atomic E-state index is -0.267. The second-order valence-corrected chi connectivity index (χ2v) is 6.20. The van der Waals surface area contributed by atoms with Crippen molar-refractivity contribution in [1.82, 2.24) is 5.32 Å². The van der Waals surface area contributed by atoms with Crippen LogP contribution in [0, 0.1) is 18.7 Å². The Morgan fingerprint density at radius 2 is 2.17 bits per heavy atom. The van der Waals surface area contributed by atoms with Crippen molar-refractivity contribution in [2.75, 3.05) is 6.61 Å². The molecule has 2 aromatic rings. The Kier molecular flexibility index (Phi) is 4.53. The fourth-order valence-corrected chi connectivity index (χ4v) is 2.81. The van der Waals surface area contributed by atoms with Gasteiger partial charge >= 0.3 is 0 Å². The van der Waals surface area contributed by atoms with Crippen LogP contribution in [0.3, 0.4) is 0 Å². The first-order chi connectivity index (χ1) is 11.0. The van der Waals surface area contributed by atoms with E-state index in [1.54, 1.807) is 19.1 Å². The number of hydrogen-bond acceptors (Lipinski definition) is 2. The van der Waals surface area contributed by atoms with Crippen LogP contribution >= 0.6 is 11.6 Å². The lowest BCUT2D eigenvalue weighted by atomic mass is 9.96. The predicted molar refractivity (Wildman–Crippen MR) is 87.1 cm³/mol. The van der Waals surface area contributed by atoms with Crippen molar-refractivity contribution in [3.8, 4) is 5.75 Å². The number of amides is 1. The Morgan fingerprint density at radius 3 is 2.96 bits per heavy atom. The maximum absolute atomic E-state index is 13.5. The van der Waals surface area contributed by atoms with Crippen molar-refractivity contribution in [1.29, 1.82) is 0 Å². The summed E-state index contributed by atoms with van der Waals surface area (Å²) in [7, 11) is 0. The highest BCUT2D eigenvalue weighted by Crippen LogP contribution is 2.29. The lowest BCUT2D eigenvalue weighted by Crippen LogP contribution is -2.37. The zero-order valence-corrected chi connectivity index (χ0v) is 13.5. The van der Waals surface area contributed by atoms with Gasteiger partial charge in [0.1, 0.15) is 18.2 Å². The monoisotopic (exact) mass is 333 g/mol. The smallest absolute Gasteiger partial charge is 0.227 e. The van der Waals surface area contributed by atoms with Crippen LogP contribution in [0.1, 0.15) is 16.7 Å². The highest BCUT2D eigenvalue weighted by Gasteiger charge is 2.26. The first-order valence-corrected chi connectivity index (χ1v) is 7.84. The van der Waals surface area contributed by atoms with E-state index in [9.17, 15) is 9.18 Å². The molecular formula is C18H17ClFNO2. The first kappa shape index (κ1) is 15.8. The molecule has 1 amide bonds. The van der Waals surface area contributed by atoms with Gasteiger partial charge in [-0.1, -0.05) is 23.7 Å². The van der Waals surface area contributed by atoms with Crippen molar-refractivity contribution in [2.45, 2.75) is 19.9 Å². The van der Waals surface area contributed by atoms with Crippen LogP contribution in [0.15, 0.2) is 36.4 Å². The normalized spacial score (nSPS) is 16.4. The van der Waals surface area contributed by atoms with Gasteiger partial charge < -0.3 is 10.1 Å². The van der Waals surface area contributed by atoms with Gasteiger partial charge in [-0.3, -0.25) is 4.79 Å². The quantitative estimate of drug-likeness (QED) is 0.931. The van der Waals surface area contributed by atoms with Crippen molar-refractivity contribution < 1.29 is 13.9 Å². The van der Waals surface area contributed by atoms with E-state index in [1.165, 1.54) is 6.07 Å². The molecule has 0 saturated heterocycles. The van der Waals surface area contributed by atoms with E-state index in [4.69, 9.17) is 16.3 Å². The van der Waals surface area contributed by atoms with Gasteiger partial charge in [0.15, 0.2) is 0 Å². The summed E-state index contributed by atoms with van der Waals surface area (Å²) in [5.41, 5.74) is 2.26. The van der Waals surface area contributed by atoms with Gasteiger partial charge in [-0.05, 0) is 54.3 Å². The minimum Gasteiger partial charge on any atom is -0.492 e. The molecule has 0 bridgehead atoms. The van der Waals surface area contributed by atoms with Crippen LogP contribution in [0.5, 0.6) is 5.75 Å². The molecule has 120 valence electrons. The fraction of sp³-hybridized carbons (Fsp3) is 0.278. The molecule has 3 rings (SSSR count). The maximum atomic E-state index is 13.5. The second-order valence-electron chi connectivity index (χ2n) is 5.77. The highest BCUT2D eigenvalue weighted by atomic mass is 35.5. The predicted octanol–water partition coefficient (Wildman–Crippen LogP) is 3.66. The van der Waals surface area contributed by atoms with Crippen molar-refractivity contribution in [3.05, 3.63) is 63.9 Å². The summed E-state index contributed by atoms with van der Waals surface area (Å²) < 4.78 is 19.1. The number of fused-ring (bicyclic) bond motifs is 1. The van der Waals surface area contributed by atoms with Crippen LogP contribution in [0.2, 0.25) is 5.02 Å². The Bertz CT molecular complexity index is 748. The molecule has 3 nitrogen and oxygen atoms in total. The van der Waals surface area contributed by atoms with Crippen LogP contribution < -0.4 is 10.1 Å². The molecule has 1 aliphatic heterocycles. The zero-order chi connectivity index (χ0) is 16.4. The SMILES string of the molecule is Cc1ccc(CNC(=O)[C@@H]2COc3ccc(Cl)cc3C2)cc1F. The molecule has 0 radical (unpaired) electrons. The number of carbonyl (C=O) groups is 1. The van der Waals surface area contributed by atoms with Crippen molar-refractivity contribution in [3.63, 3.8) is 0 Å². The van der Waals surface area contributed by atoms with Gasteiger partial charge in [-0.2, -0.15) is 0 Å². The number of carbonyl (C=O) groups excluding carboxylic acids is 1. The highest BCUT2D eigenvalue weighted by molar-refractivity contribution is 6.30. The number of nitrogens with one attached hydrogen (secondary N) is 1. The number of aryl methyl sites for hydroxylation is 1. The maximum Gasteiger partial charge on any atom is 0.227 e. The molecule has 0 unspecified atom stereocenters. The molecular weight excluding hydrogens is 317 g/mol.